The first-order valence-electron chi connectivity index (χ1n) is 8.80. The Morgan fingerprint density at radius 2 is 1.62 bits per heavy atom. The molecule has 0 aliphatic heterocycles. The second kappa shape index (κ2) is 6.15. The van der Waals surface area contributed by atoms with Gasteiger partial charge in [-0.2, -0.15) is 0 Å². The molecule has 0 spiro atoms. The molecule has 0 aliphatic carbocycles. The molecule has 1 unspecified atom stereocenters. The van der Waals surface area contributed by atoms with Gasteiger partial charge >= 0.3 is 0 Å². The van der Waals surface area contributed by atoms with Crippen LogP contribution in [0.3, 0.4) is 0 Å². The zero-order valence-electron chi connectivity index (χ0n) is 14.2. The van der Waals surface area contributed by atoms with Gasteiger partial charge in [0.1, 0.15) is 5.52 Å². The molecule has 4 heteroatoms. The van der Waals surface area contributed by atoms with Gasteiger partial charge in [0.2, 0.25) is 0 Å². The molecule has 4 nitrogen and oxygen atoms in total. The second-order valence-corrected chi connectivity index (χ2v) is 6.54. The average Bonchev–Trinajstić information content (AvgIpc) is 3.31. The molecule has 0 bridgehead atoms. The van der Waals surface area contributed by atoms with Gasteiger partial charge in [-0.3, -0.25) is 0 Å². The number of benzene rings is 3. The summed E-state index contributed by atoms with van der Waals surface area (Å²) < 4.78 is 2.03. The molecule has 5 aromatic rings. The van der Waals surface area contributed by atoms with Crippen LogP contribution < -0.4 is 0 Å². The van der Waals surface area contributed by atoms with Crippen molar-refractivity contribution in [3.8, 4) is 0 Å². The van der Waals surface area contributed by atoms with Crippen molar-refractivity contribution in [2.75, 3.05) is 0 Å². The van der Waals surface area contributed by atoms with Crippen LogP contribution in [-0.4, -0.2) is 20.0 Å². The van der Waals surface area contributed by atoms with Crippen molar-refractivity contribution < 1.29 is 0 Å². The molecule has 0 aliphatic rings. The zero-order valence-corrected chi connectivity index (χ0v) is 14.2. The van der Waals surface area contributed by atoms with E-state index < -0.39 is 0 Å². The van der Waals surface area contributed by atoms with Crippen LogP contribution in [0.25, 0.3) is 21.9 Å². The number of fused-ring (bicyclic) bond motifs is 2. The Morgan fingerprint density at radius 1 is 0.846 bits per heavy atom. The van der Waals surface area contributed by atoms with Gasteiger partial charge in [0, 0.05) is 17.6 Å². The summed E-state index contributed by atoms with van der Waals surface area (Å²) >= 11 is 0. The fraction of sp³-hybridized carbons (Fsp3) is 0.0909. The molecule has 1 atom stereocenters. The quantitative estimate of drug-likeness (QED) is 0.514. The lowest BCUT2D eigenvalue weighted by atomic mass is 10.0. The van der Waals surface area contributed by atoms with Crippen molar-refractivity contribution in [2.45, 2.75) is 12.5 Å². The molecule has 26 heavy (non-hydrogen) atoms. The number of nitrogens with one attached hydrogen (secondary N) is 1. The minimum Gasteiger partial charge on any atom is -0.357 e. The smallest absolute Gasteiger partial charge is 0.113 e. The number of H-pyrrole nitrogens is 1. The summed E-state index contributed by atoms with van der Waals surface area (Å²) in [5.74, 6) is 0. The standard InChI is InChI=1S/C22H18N4/c1-2-8-16(9-3-1)14-22(20-15-17-10-4-5-11-18(17)23-20)26-21-13-7-6-12-19(21)24-25-26/h1-13,15,22-23H,14H2. The molecular weight excluding hydrogens is 320 g/mol. The van der Waals surface area contributed by atoms with Crippen molar-refractivity contribution in [1.82, 2.24) is 20.0 Å². The Morgan fingerprint density at radius 3 is 2.50 bits per heavy atom. The Balaban J connectivity index is 1.67. The predicted octanol–water partition coefficient (Wildman–Crippen LogP) is 4.74. The molecule has 1 N–H and O–H groups in total. The van der Waals surface area contributed by atoms with Gasteiger partial charge in [0.05, 0.1) is 11.6 Å². The van der Waals surface area contributed by atoms with E-state index >= 15 is 0 Å². The van der Waals surface area contributed by atoms with Crippen LogP contribution >= 0.6 is 0 Å². The summed E-state index contributed by atoms with van der Waals surface area (Å²) in [5, 5.41) is 10.1. The van der Waals surface area contributed by atoms with Crippen molar-refractivity contribution in [2.24, 2.45) is 0 Å². The van der Waals surface area contributed by atoms with Gasteiger partial charge in [-0.25, -0.2) is 4.68 Å². The summed E-state index contributed by atoms with van der Waals surface area (Å²) in [6.07, 6.45) is 0.848. The van der Waals surface area contributed by atoms with Crippen LogP contribution in [0, 0.1) is 0 Å². The molecular formula is C22H18N4. The molecule has 0 saturated carbocycles. The SMILES string of the molecule is c1ccc(CC(c2cc3ccccc3[nH]2)n2nnc3ccccc32)cc1. The second-order valence-electron chi connectivity index (χ2n) is 6.54. The minimum absolute atomic E-state index is 0.0530. The Hall–Kier alpha value is -3.40. The molecule has 3 aromatic carbocycles. The molecule has 0 radical (unpaired) electrons. The van der Waals surface area contributed by atoms with Crippen LogP contribution in [0.4, 0.5) is 0 Å². The summed E-state index contributed by atoms with van der Waals surface area (Å²) in [4.78, 5) is 3.58. The third-order valence-electron chi connectivity index (χ3n) is 4.85. The monoisotopic (exact) mass is 338 g/mol. The first kappa shape index (κ1) is 14.9. The highest BCUT2D eigenvalue weighted by molar-refractivity contribution is 5.80. The predicted molar refractivity (Wildman–Crippen MR) is 104 cm³/mol. The lowest BCUT2D eigenvalue weighted by molar-refractivity contribution is 0.510. The van der Waals surface area contributed by atoms with Gasteiger partial charge < -0.3 is 4.98 Å². The summed E-state index contributed by atoms with van der Waals surface area (Å²) in [5.41, 5.74) is 5.53. The molecule has 5 rings (SSSR count). The van der Waals surface area contributed by atoms with E-state index in [1.807, 2.05) is 28.9 Å². The normalized spacial score (nSPS) is 12.6. The lowest BCUT2D eigenvalue weighted by Crippen LogP contribution is -2.15. The van der Waals surface area contributed by atoms with Gasteiger partial charge in [0.25, 0.3) is 0 Å². The van der Waals surface area contributed by atoms with Gasteiger partial charge in [0.15, 0.2) is 0 Å². The van der Waals surface area contributed by atoms with Crippen LogP contribution in [0.2, 0.25) is 0 Å². The number of hydrogen-bond acceptors (Lipinski definition) is 2. The number of para-hydroxylation sites is 2. The molecule has 126 valence electrons. The van der Waals surface area contributed by atoms with E-state index in [2.05, 4.69) is 76.0 Å². The lowest BCUT2D eigenvalue weighted by Gasteiger charge is -2.17. The van der Waals surface area contributed by atoms with Crippen molar-refractivity contribution >= 4 is 21.9 Å². The fourth-order valence-electron chi connectivity index (χ4n) is 3.56. The molecule has 2 heterocycles. The number of nitrogens with zero attached hydrogens (tertiary/aromatic N) is 3. The third kappa shape index (κ3) is 2.56. The van der Waals surface area contributed by atoms with Crippen LogP contribution in [-0.2, 0) is 6.42 Å². The highest BCUT2D eigenvalue weighted by Gasteiger charge is 2.20. The van der Waals surface area contributed by atoms with Crippen molar-refractivity contribution in [3.63, 3.8) is 0 Å². The van der Waals surface area contributed by atoms with Crippen LogP contribution in [0.1, 0.15) is 17.3 Å². The van der Waals surface area contributed by atoms with Gasteiger partial charge in [-0.15, -0.1) is 5.10 Å². The van der Waals surface area contributed by atoms with E-state index in [9.17, 15) is 0 Å². The van der Waals surface area contributed by atoms with E-state index in [0.29, 0.717) is 0 Å². The average molecular weight is 338 g/mol. The maximum Gasteiger partial charge on any atom is 0.113 e. The highest BCUT2D eigenvalue weighted by atomic mass is 15.4. The highest BCUT2D eigenvalue weighted by Crippen LogP contribution is 2.28. The first-order chi connectivity index (χ1) is 12.9. The van der Waals surface area contributed by atoms with Crippen molar-refractivity contribution in [1.29, 1.82) is 0 Å². The van der Waals surface area contributed by atoms with E-state index in [1.165, 1.54) is 10.9 Å². The number of aromatic nitrogens is 4. The van der Waals surface area contributed by atoms with E-state index in [4.69, 9.17) is 0 Å². The Kier molecular flexibility index (Phi) is 3.53. The molecule has 0 fully saturated rings. The number of aromatic amines is 1. The van der Waals surface area contributed by atoms with Crippen molar-refractivity contribution in [3.05, 3.63) is 96.2 Å². The molecule has 0 saturated heterocycles. The fourth-order valence-corrected chi connectivity index (χ4v) is 3.56. The van der Waals surface area contributed by atoms with Gasteiger partial charge in [-0.1, -0.05) is 65.9 Å². The Labute approximate surface area is 151 Å². The number of rotatable bonds is 4. The van der Waals surface area contributed by atoms with E-state index in [0.717, 1.165) is 28.7 Å². The minimum atomic E-state index is 0.0530. The Bertz CT molecular complexity index is 1140. The number of hydrogen-bond donors (Lipinski definition) is 1. The summed E-state index contributed by atoms with van der Waals surface area (Å²) in [7, 11) is 0. The van der Waals surface area contributed by atoms with Crippen LogP contribution in [0.15, 0.2) is 84.9 Å². The molecule has 2 aromatic heterocycles. The maximum atomic E-state index is 4.49. The summed E-state index contributed by atoms with van der Waals surface area (Å²) in [6, 6.07) is 29.3. The first-order valence-corrected chi connectivity index (χ1v) is 8.80. The largest absolute Gasteiger partial charge is 0.357 e. The topological polar surface area (TPSA) is 46.5 Å². The van der Waals surface area contributed by atoms with Crippen LogP contribution in [0.5, 0.6) is 0 Å². The van der Waals surface area contributed by atoms with Gasteiger partial charge in [-0.05, 0) is 35.2 Å². The zero-order chi connectivity index (χ0) is 17.3. The van der Waals surface area contributed by atoms with E-state index in [1.54, 1.807) is 0 Å². The molecule has 0 amide bonds. The maximum absolute atomic E-state index is 4.49. The third-order valence-corrected chi connectivity index (χ3v) is 4.85. The summed E-state index contributed by atoms with van der Waals surface area (Å²) in [6.45, 7) is 0. The van der Waals surface area contributed by atoms with E-state index in [-0.39, 0.29) is 6.04 Å².